The molecule has 0 bridgehead atoms. The summed E-state index contributed by atoms with van der Waals surface area (Å²) in [5.41, 5.74) is 8.56. The van der Waals surface area contributed by atoms with E-state index < -0.39 is 0 Å². The van der Waals surface area contributed by atoms with Gasteiger partial charge in [-0.3, -0.25) is 0 Å². The summed E-state index contributed by atoms with van der Waals surface area (Å²) in [4.78, 5) is 0. The SMILES string of the molecule is CCc1ccc(C(N)COC(C)CC)cc1. The van der Waals surface area contributed by atoms with Gasteiger partial charge in [-0.05, 0) is 30.9 Å². The lowest BCUT2D eigenvalue weighted by Crippen LogP contribution is -2.20. The molecule has 0 saturated heterocycles. The maximum absolute atomic E-state index is 6.06. The number of aryl methyl sites for hydroxylation is 1. The topological polar surface area (TPSA) is 35.2 Å². The molecule has 2 nitrogen and oxygen atoms in total. The standard InChI is InChI=1S/C14H23NO/c1-4-11(3)16-10-14(15)13-8-6-12(5-2)7-9-13/h6-9,11,14H,4-5,10,15H2,1-3H3. The number of benzene rings is 1. The second kappa shape index (κ2) is 6.66. The van der Waals surface area contributed by atoms with Crippen molar-refractivity contribution in [3.8, 4) is 0 Å². The molecule has 0 heterocycles. The molecule has 0 spiro atoms. The summed E-state index contributed by atoms with van der Waals surface area (Å²) in [5.74, 6) is 0. The van der Waals surface area contributed by atoms with Crippen LogP contribution in [0.2, 0.25) is 0 Å². The Bertz CT molecular complexity index is 294. The highest BCUT2D eigenvalue weighted by Crippen LogP contribution is 2.13. The lowest BCUT2D eigenvalue weighted by atomic mass is 10.1. The molecule has 1 aromatic rings. The van der Waals surface area contributed by atoms with Crippen molar-refractivity contribution in [3.05, 3.63) is 35.4 Å². The highest BCUT2D eigenvalue weighted by atomic mass is 16.5. The van der Waals surface area contributed by atoms with E-state index in [1.165, 1.54) is 5.56 Å². The molecule has 0 radical (unpaired) electrons. The van der Waals surface area contributed by atoms with Crippen molar-refractivity contribution < 1.29 is 4.74 Å². The second-order valence-corrected chi connectivity index (χ2v) is 4.25. The van der Waals surface area contributed by atoms with Crippen LogP contribution in [0.15, 0.2) is 24.3 Å². The fraction of sp³-hybridized carbons (Fsp3) is 0.571. The lowest BCUT2D eigenvalue weighted by Gasteiger charge is -2.16. The third kappa shape index (κ3) is 3.95. The normalized spacial score (nSPS) is 14.8. The van der Waals surface area contributed by atoms with Crippen LogP contribution in [0.4, 0.5) is 0 Å². The summed E-state index contributed by atoms with van der Waals surface area (Å²) >= 11 is 0. The first-order valence-electron chi connectivity index (χ1n) is 6.13. The first-order chi connectivity index (χ1) is 7.67. The fourth-order valence-electron chi connectivity index (χ4n) is 1.48. The molecule has 0 aromatic heterocycles. The van der Waals surface area contributed by atoms with Crippen LogP contribution in [0.1, 0.15) is 44.4 Å². The van der Waals surface area contributed by atoms with Gasteiger partial charge in [0.1, 0.15) is 0 Å². The molecule has 1 aromatic carbocycles. The summed E-state index contributed by atoms with van der Waals surface area (Å²) in [6.45, 7) is 6.95. The largest absolute Gasteiger partial charge is 0.377 e. The summed E-state index contributed by atoms with van der Waals surface area (Å²) in [7, 11) is 0. The molecule has 0 fully saturated rings. The van der Waals surface area contributed by atoms with Crippen LogP contribution in [0, 0.1) is 0 Å². The van der Waals surface area contributed by atoms with Gasteiger partial charge in [0.15, 0.2) is 0 Å². The Balaban J connectivity index is 2.49. The van der Waals surface area contributed by atoms with Crippen molar-refractivity contribution in [2.45, 2.75) is 45.8 Å². The third-order valence-corrected chi connectivity index (χ3v) is 2.95. The Morgan fingerprint density at radius 3 is 2.31 bits per heavy atom. The maximum Gasteiger partial charge on any atom is 0.0662 e. The van der Waals surface area contributed by atoms with Gasteiger partial charge in [-0.1, -0.05) is 38.1 Å². The smallest absolute Gasteiger partial charge is 0.0662 e. The summed E-state index contributed by atoms with van der Waals surface area (Å²) < 4.78 is 5.64. The monoisotopic (exact) mass is 221 g/mol. The van der Waals surface area contributed by atoms with E-state index >= 15 is 0 Å². The molecule has 1 rings (SSSR count). The average Bonchev–Trinajstić information content (AvgIpc) is 2.35. The van der Waals surface area contributed by atoms with Crippen LogP contribution < -0.4 is 5.73 Å². The zero-order chi connectivity index (χ0) is 12.0. The van der Waals surface area contributed by atoms with E-state index in [0.29, 0.717) is 12.7 Å². The van der Waals surface area contributed by atoms with Gasteiger partial charge in [-0.25, -0.2) is 0 Å². The van der Waals surface area contributed by atoms with Gasteiger partial charge < -0.3 is 10.5 Å². The molecule has 0 aliphatic heterocycles. The Morgan fingerprint density at radius 1 is 1.19 bits per heavy atom. The number of ether oxygens (including phenoxy) is 1. The van der Waals surface area contributed by atoms with Gasteiger partial charge in [-0.2, -0.15) is 0 Å². The lowest BCUT2D eigenvalue weighted by molar-refractivity contribution is 0.0539. The zero-order valence-electron chi connectivity index (χ0n) is 10.6. The second-order valence-electron chi connectivity index (χ2n) is 4.25. The van der Waals surface area contributed by atoms with Gasteiger partial charge in [0, 0.05) is 0 Å². The van der Waals surface area contributed by atoms with E-state index in [1.54, 1.807) is 0 Å². The first-order valence-corrected chi connectivity index (χ1v) is 6.13. The Morgan fingerprint density at radius 2 is 1.81 bits per heavy atom. The van der Waals surface area contributed by atoms with Crippen molar-refractivity contribution in [1.82, 2.24) is 0 Å². The molecule has 0 saturated carbocycles. The molecule has 2 heteroatoms. The van der Waals surface area contributed by atoms with Gasteiger partial charge in [0.2, 0.25) is 0 Å². The molecule has 0 amide bonds. The van der Waals surface area contributed by atoms with Crippen LogP contribution in [0.3, 0.4) is 0 Å². The Labute approximate surface area is 98.8 Å². The molecule has 0 aliphatic rings. The van der Waals surface area contributed by atoms with Crippen LogP contribution in [-0.2, 0) is 11.2 Å². The van der Waals surface area contributed by atoms with Gasteiger partial charge in [-0.15, -0.1) is 0 Å². The van der Waals surface area contributed by atoms with Gasteiger partial charge in [0.05, 0.1) is 18.8 Å². The van der Waals surface area contributed by atoms with E-state index in [9.17, 15) is 0 Å². The predicted octanol–water partition coefficient (Wildman–Crippen LogP) is 3.06. The number of rotatable bonds is 6. The molecule has 0 aliphatic carbocycles. The van der Waals surface area contributed by atoms with E-state index in [2.05, 4.69) is 45.0 Å². The summed E-state index contributed by atoms with van der Waals surface area (Å²) in [6, 6.07) is 8.46. The minimum absolute atomic E-state index is 0.0140. The molecular weight excluding hydrogens is 198 g/mol. The Kier molecular flexibility index (Phi) is 5.50. The Hall–Kier alpha value is -0.860. The summed E-state index contributed by atoms with van der Waals surface area (Å²) in [6.07, 6.45) is 2.39. The van der Waals surface area contributed by atoms with E-state index in [1.807, 2.05) is 0 Å². The van der Waals surface area contributed by atoms with Crippen molar-refractivity contribution in [3.63, 3.8) is 0 Å². The molecule has 90 valence electrons. The number of nitrogens with two attached hydrogens (primary N) is 1. The fourth-order valence-corrected chi connectivity index (χ4v) is 1.48. The van der Waals surface area contributed by atoms with Gasteiger partial charge >= 0.3 is 0 Å². The van der Waals surface area contributed by atoms with E-state index in [0.717, 1.165) is 18.4 Å². The average molecular weight is 221 g/mol. The van der Waals surface area contributed by atoms with Crippen molar-refractivity contribution >= 4 is 0 Å². The van der Waals surface area contributed by atoms with Gasteiger partial charge in [0.25, 0.3) is 0 Å². The van der Waals surface area contributed by atoms with Crippen molar-refractivity contribution in [1.29, 1.82) is 0 Å². The molecule has 16 heavy (non-hydrogen) atoms. The number of hydrogen-bond donors (Lipinski definition) is 1. The third-order valence-electron chi connectivity index (χ3n) is 2.95. The molecular formula is C14H23NO. The van der Waals surface area contributed by atoms with Crippen molar-refractivity contribution in [2.75, 3.05) is 6.61 Å². The van der Waals surface area contributed by atoms with Crippen LogP contribution in [0.25, 0.3) is 0 Å². The maximum atomic E-state index is 6.06. The first kappa shape index (κ1) is 13.2. The predicted molar refractivity (Wildman–Crippen MR) is 68.5 cm³/mol. The van der Waals surface area contributed by atoms with Crippen LogP contribution in [0.5, 0.6) is 0 Å². The van der Waals surface area contributed by atoms with Crippen LogP contribution >= 0.6 is 0 Å². The minimum atomic E-state index is -0.0140. The van der Waals surface area contributed by atoms with E-state index in [4.69, 9.17) is 10.5 Å². The molecule has 2 atom stereocenters. The van der Waals surface area contributed by atoms with Crippen molar-refractivity contribution in [2.24, 2.45) is 5.73 Å². The highest BCUT2D eigenvalue weighted by Gasteiger charge is 2.07. The zero-order valence-corrected chi connectivity index (χ0v) is 10.6. The molecule has 2 unspecified atom stereocenters. The van der Waals surface area contributed by atoms with E-state index in [-0.39, 0.29) is 6.04 Å². The minimum Gasteiger partial charge on any atom is -0.377 e. The highest BCUT2D eigenvalue weighted by molar-refractivity contribution is 5.24. The molecule has 2 N–H and O–H groups in total. The van der Waals surface area contributed by atoms with Crippen LogP contribution in [-0.4, -0.2) is 12.7 Å². The summed E-state index contributed by atoms with van der Waals surface area (Å²) in [5, 5.41) is 0. The number of hydrogen-bond acceptors (Lipinski definition) is 2. The quantitative estimate of drug-likeness (QED) is 0.801.